The Morgan fingerprint density at radius 2 is 1.96 bits per heavy atom. The van der Waals surface area contributed by atoms with E-state index in [0.29, 0.717) is 17.8 Å². The van der Waals surface area contributed by atoms with Gasteiger partial charge in [0.25, 0.3) is 5.91 Å². The lowest BCUT2D eigenvalue weighted by Crippen LogP contribution is -2.45. The molecule has 0 radical (unpaired) electrons. The Morgan fingerprint density at radius 3 is 2.61 bits per heavy atom. The van der Waals surface area contributed by atoms with E-state index in [1.807, 2.05) is 6.92 Å². The molecule has 1 aromatic carbocycles. The highest BCUT2D eigenvalue weighted by Crippen LogP contribution is 2.11. The van der Waals surface area contributed by atoms with Gasteiger partial charge in [-0.15, -0.1) is 0 Å². The zero-order valence-corrected chi connectivity index (χ0v) is 13.6. The maximum Gasteiger partial charge on any atom is 0.411 e. The number of anilines is 1. The molecule has 23 heavy (non-hydrogen) atoms. The van der Waals surface area contributed by atoms with Crippen molar-refractivity contribution in [1.82, 2.24) is 10.6 Å². The summed E-state index contributed by atoms with van der Waals surface area (Å²) >= 11 is 0. The van der Waals surface area contributed by atoms with Crippen LogP contribution in [0.25, 0.3) is 0 Å². The van der Waals surface area contributed by atoms with Crippen LogP contribution in [0.15, 0.2) is 24.3 Å². The molecule has 7 nitrogen and oxygen atoms in total. The van der Waals surface area contributed by atoms with Crippen LogP contribution in [0.4, 0.5) is 10.5 Å². The smallest absolute Gasteiger partial charge is 0.411 e. The fraction of sp³-hybridized carbons (Fsp3) is 0.438. The molecule has 1 aromatic rings. The van der Waals surface area contributed by atoms with E-state index >= 15 is 0 Å². The van der Waals surface area contributed by atoms with Crippen LogP contribution in [0.2, 0.25) is 0 Å². The Hall–Kier alpha value is -2.57. The number of benzene rings is 1. The third-order valence-corrected chi connectivity index (χ3v) is 2.94. The van der Waals surface area contributed by atoms with Gasteiger partial charge in [-0.3, -0.25) is 14.9 Å². The summed E-state index contributed by atoms with van der Waals surface area (Å²) in [6, 6.07) is 5.75. The number of nitrogens with one attached hydrogen (secondary N) is 3. The van der Waals surface area contributed by atoms with Crippen LogP contribution in [-0.2, 0) is 9.53 Å². The van der Waals surface area contributed by atoms with Crippen LogP contribution < -0.4 is 16.0 Å². The van der Waals surface area contributed by atoms with Gasteiger partial charge in [-0.2, -0.15) is 0 Å². The second-order valence-corrected chi connectivity index (χ2v) is 4.91. The molecular formula is C16H23N3O4. The molecule has 3 N–H and O–H groups in total. The minimum Gasteiger partial charge on any atom is -0.450 e. The maximum atomic E-state index is 12.2. The molecule has 1 unspecified atom stereocenters. The fourth-order valence-corrected chi connectivity index (χ4v) is 1.77. The summed E-state index contributed by atoms with van der Waals surface area (Å²) in [5, 5.41) is 7.85. The maximum absolute atomic E-state index is 12.2. The summed E-state index contributed by atoms with van der Waals surface area (Å²) in [4.78, 5) is 35.3. The fourth-order valence-electron chi connectivity index (χ4n) is 1.77. The van der Waals surface area contributed by atoms with Gasteiger partial charge in [0.2, 0.25) is 5.91 Å². The summed E-state index contributed by atoms with van der Waals surface area (Å²) in [5.74, 6) is -0.627. The second kappa shape index (κ2) is 9.45. The Kier molecular flexibility index (Phi) is 7.59. The first kappa shape index (κ1) is 18.5. The van der Waals surface area contributed by atoms with Crippen molar-refractivity contribution >= 4 is 23.6 Å². The van der Waals surface area contributed by atoms with E-state index in [9.17, 15) is 14.4 Å². The average molecular weight is 321 g/mol. The third-order valence-electron chi connectivity index (χ3n) is 2.94. The molecule has 0 bridgehead atoms. The van der Waals surface area contributed by atoms with Gasteiger partial charge in [-0.25, -0.2) is 4.79 Å². The second-order valence-electron chi connectivity index (χ2n) is 4.91. The number of hydrogen-bond donors (Lipinski definition) is 3. The Morgan fingerprint density at radius 1 is 1.22 bits per heavy atom. The first-order valence-corrected chi connectivity index (χ1v) is 7.60. The topological polar surface area (TPSA) is 96.5 Å². The summed E-state index contributed by atoms with van der Waals surface area (Å²) in [7, 11) is 0. The van der Waals surface area contributed by atoms with Crippen molar-refractivity contribution in [2.45, 2.75) is 33.2 Å². The zero-order chi connectivity index (χ0) is 17.2. The minimum atomic E-state index is -0.643. The van der Waals surface area contributed by atoms with Gasteiger partial charge in [0, 0.05) is 17.8 Å². The lowest BCUT2D eigenvalue weighted by Gasteiger charge is -2.14. The van der Waals surface area contributed by atoms with E-state index in [2.05, 4.69) is 16.0 Å². The highest BCUT2D eigenvalue weighted by molar-refractivity contribution is 5.98. The number of rotatable bonds is 7. The molecule has 0 spiro atoms. The summed E-state index contributed by atoms with van der Waals surface area (Å²) < 4.78 is 4.78. The van der Waals surface area contributed by atoms with Crippen LogP contribution in [0.1, 0.15) is 37.6 Å². The third kappa shape index (κ3) is 6.37. The van der Waals surface area contributed by atoms with Gasteiger partial charge in [-0.1, -0.05) is 13.0 Å². The standard InChI is InChI=1S/C16H23N3O4/c1-4-9-17-14(20)11(3)18-15(21)12-7-6-8-13(10-12)19-16(22)23-5-2/h6-8,10-11H,4-5,9H2,1-3H3,(H,17,20)(H,18,21)(H,19,22). The zero-order valence-electron chi connectivity index (χ0n) is 13.6. The van der Waals surface area contributed by atoms with Crippen LogP contribution in [0.5, 0.6) is 0 Å². The molecule has 7 heteroatoms. The Labute approximate surface area is 135 Å². The van der Waals surface area contributed by atoms with Crippen molar-refractivity contribution in [2.75, 3.05) is 18.5 Å². The lowest BCUT2D eigenvalue weighted by molar-refractivity contribution is -0.122. The quantitative estimate of drug-likeness (QED) is 0.714. The Bertz CT molecular complexity index is 560. The van der Waals surface area contributed by atoms with Crippen molar-refractivity contribution in [2.24, 2.45) is 0 Å². The van der Waals surface area contributed by atoms with E-state index in [1.165, 1.54) is 6.07 Å². The summed E-state index contributed by atoms with van der Waals surface area (Å²) in [5.41, 5.74) is 0.786. The van der Waals surface area contributed by atoms with E-state index < -0.39 is 18.0 Å². The average Bonchev–Trinajstić information content (AvgIpc) is 2.52. The largest absolute Gasteiger partial charge is 0.450 e. The van der Waals surface area contributed by atoms with Gasteiger partial charge in [0.05, 0.1) is 6.61 Å². The Balaban J connectivity index is 2.65. The molecule has 0 heterocycles. The molecule has 0 aliphatic rings. The van der Waals surface area contributed by atoms with E-state index in [0.717, 1.165) is 6.42 Å². The number of carbonyl (C=O) groups is 3. The van der Waals surface area contributed by atoms with Crippen molar-refractivity contribution in [3.05, 3.63) is 29.8 Å². The molecule has 0 saturated heterocycles. The predicted molar refractivity (Wildman–Crippen MR) is 87.3 cm³/mol. The van der Waals surface area contributed by atoms with E-state index in [-0.39, 0.29) is 12.5 Å². The summed E-state index contributed by atoms with van der Waals surface area (Å²) in [6.45, 7) is 6.10. The molecule has 0 saturated carbocycles. The van der Waals surface area contributed by atoms with Gasteiger partial charge in [0.15, 0.2) is 0 Å². The SMILES string of the molecule is CCCNC(=O)C(C)NC(=O)c1cccc(NC(=O)OCC)c1. The number of ether oxygens (including phenoxy) is 1. The lowest BCUT2D eigenvalue weighted by atomic mass is 10.1. The number of amides is 3. The van der Waals surface area contributed by atoms with E-state index in [1.54, 1.807) is 32.0 Å². The monoisotopic (exact) mass is 321 g/mol. The van der Waals surface area contributed by atoms with E-state index in [4.69, 9.17) is 4.74 Å². The highest BCUT2D eigenvalue weighted by atomic mass is 16.5. The first-order valence-electron chi connectivity index (χ1n) is 7.60. The van der Waals surface area contributed by atoms with Crippen molar-refractivity contribution in [3.63, 3.8) is 0 Å². The molecule has 1 rings (SSSR count). The van der Waals surface area contributed by atoms with Crippen molar-refractivity contribution in [3.8, 4) is 0 Å². The minimum absolute atomic E-state index is 0.235. The normalized spacial score (nSPS) is 11.3. The molecule has 0 aliphatic carbocycles. The molecular weight excluding hydrogens is 298 g/mol. The summed E-state index contributed by atoms with van der Waals surface area (Å²) in [6.07, 6.45) is 0.242. The van der Waals surface area contributed by atoms with Crippen LogP contribution >= 0.6 is 0 Å². The molecule has 0 fully saturated rings. The van der Waals surface area contributed by atoms with Crippen LogP contribution in [0, 0.1) is 0 Å². The van der Waals surface area contributed by atoms with Gasteiger partial charge < -0.3 is 15.4 Å². The van der Waals surface area contributed by atoms with Crippen LogP contribution in [-0.4, -0.2) is 37.1 Å². The van der Waals surface area contributed by atoms with Gasteiger partial charge in [-0.05, 0) is 38.5 Å². The predicted octanol–water partition coefficient (Wildman–Crippen LogP) is 1.90. The van der Waals surface area contributed by atoms with Gasteiger partial charge >= 0.3 is 6.09 Å². The highest BCUT2D eigenvalue weighted by Gasteiger charge is 2.16. The van der Waals surface area contributed by atoms with Crippen molar-refractivity contribution < 1.29 is 19.1 Å². The first-order chi connectivity index (χ1) is 11.0. The molecule has 126 valence electrons. The number of hydrogen-bond acceptors (Lipinski definition) is 4. The van der Waals surface area contributed by atoms with Crippen LogP contribution in [0.3, 0.4) is 0 Å². The molecule has 0 aromatic heterocycles. The van der Waals surface area contributed by atoms with Crippen molar-refractivity contribution in [1.29, 1.82) is 0 Å². The molecule has 3 amide bonds. The number of carbonyl (C=O) groups excluding carboxylic acids is 3. The molecule has 1 atom stereocenters. The molecule has 0 aliphatic heterocycles. The van der Waals surface area contributed by atoms with Gasteiger partial charge in [0.1, 0.15) is 6.04 Å².